The molecule has 0 spiro atoms. The quantitative estimate of drug-likeness (QED) is 0.348. The number of rotatable bonds is 5. The molecule has 0 radical (unpaired) electrons. The zero-order valence-corrected chi connectivity index (χ0v) is 18.2. The number of imide groups is 1. The van der Waals surface area contributed by atoms with Crippen molar-refractivity contribution in [2.75, 3.05) is 6.54 Å². The largest absolute Gasteiger partial charge is 0.711 e. The molecule has 2 aromatic heterocycles. The van der Waals surface area contributed by atoms with Crippen LogP contribution in [0.4, 0.5) is 0 Å². The summed E-state index contributed by atoms with van der Waals surface area (Å²) in [6.07, 6.45) is 3.15. The highest BCUT2D eigenvalue weighted by Crippen LogP contribution is 2.36. The number of benzene rings is 1. The molecule has 32 heavy (non-hydrogen) atoms. The van der Waals surface area contributed by atoms with E-state index in [0.717, 1.165) is 20.9 Å². The molecule has 1 fully saturated rings. The van der Waals surface area contributed by atoms with Crippen LogP contribution in [0.1, 0.15) is 41.2 Å². The number of nitrogens with zero attached hydrogens (tertiary/aromatic N) is 4. The molecule has 2 unspecified atom stereocenters. The van der Waals surface area contributed by atoms with Crippen LogP contribution in [0.2, 0.25) is 0 Å². The van der Waals surface area contributed by atoms with E-state index in [9.17, 15) is 19.6 Å². The van der Waals surface area contributed by atoms with E-state index in [0.29, 0.717) is 17.8 Å². The second kappa shape index (κ2) is 8.37. The highest BCUT2D eigenvalue weighted by molar-refractivity contribution is 6.15. The first-order chi connectivity index (χ1) is 15.3. The Hall–Kier alpha value is -3.81. The van der Waals surface area contributed by atoms with Crippen LogP contribution in [-0.4, -0.2) is 38.6 Å². The van der Waals surface area contributed by atoms with Gasteiger partial charge in [0.1, 0.15) is 29.8 Å². The van der Waals surface area contributed by atoms with Crippen molar-refractivity contribution < 1.29 is 19.1 Å². The normalized spacial score (nSPS) is 17.1. The summed E-state index contributed by atoms with van der Waals surface area (Å²) >= 11 is 0. The molecule has 1 aromatic carbocycles. The molecular formula is C24H24N4O4. The summed E-state index contributed by atoms with van der Waals surface area (Å²) in [5, 5.41) is 13.4. The number of Topliss-reactive ketones (excluding diaryl/α,β-unsaturated/α-hetero) is 1. The van der Waals surface area contributed by atoms with Gasteiger partial charge in [-0.1, -0.05) is 36.4 Å². The number of pyridine rings is 1. The Morgan fingerprint density at radius 3 is 2.50 bits per heavy atom. The monoisotopic (exact) mass is 432 g/mol. The minimum atomic E-state index is -1.17. The fourth-order valence-corrected chi connectivity index (χ4v) is 4.34. The molecular weight excluding hydrogens is 408 g/mol. The van der Waals surface area contributed by atoms with Gasteiger partial charge in [-0.3, -0.25) is 24.3 Å². The number of amides is 2. The van der Waals surface area contributed by atoms with Crippen molar-refractivity contribution in [2.24, 2.45) is 5.92 Å². The van der Waals surface area contributed by atoms with Crippen LogP contribution in [0.15, 0.2) is 54.9 Å². The van der Waals surface area contributed by atoms with Crippen LogP contribution < -0.4 is 4.73 Å². The summed E-state index contributed by atoms with van der Waals surface area (Å²) < 4.78 is 2.65. The second-order valence-electron chi connectivity index (χ2n) is 8.05. The summed E-state index contributed by atoms with van der Waals surface area (Å²) in [7, 11) is 0. The molecule has 3 heterocycles. The van der Waals surface area contributed by atoms with Crippen LogP contribution in [0, 0.1) is 25.0 Å². The third-order valence-electron chi connectivity index (χ3n) is 6.13. The molecule has 2 atom stereocenters. The van der Waals surface area contributed by atoms with Crippen LogP contribution >= 0.6 is 0 Å². The Morgan fingerprint density at radius 1 is 1.19 bits per heavy atom. The molecule has 8 heteroatoms. The maximum absolute atomic E-state index is 13.4. The minimum absolute atomic E-state index is 0.286. The number of imidazole rings is 1. The van der Waals surface area contributed by atoms with E-state index in [1.807, 2.05) is 41.8 Å². The third kappa shape index (κ3) is 3.57. The van der Waals surface area contributed by atoms with Gasteiger partial charge in [0.05, 0.1) is 6.54 Å². The van der Waals surface area contributed by atoms with Gasteiger partial charge in [-0.2, -0.15) is 0 Å². The second-order valence-corrected chi connectivity index (χ2v) is 8.05. The number of hydrogen-bond donors (Lipinski definition) is 0. The molecule has 1 saturated heterocycles. The average Bonchev–Trinajstić information content (AvgIpc) is 3.19. The lowest BCUT2D eigenvalue weighted by Gasteiger charge is -2.22. The molecule has 0 bridgehead atoms. The zero-order valence-electron chi connectivity index (χ0n) is 18.2. The van der Waals surface area contributed by atoms with Crippen molar-refractivity contribution in [3.05, 3.63) is 88.4 Å². The highest BCUT2D eigenvalue weighted by Gasteiger charge is 2.50. The molecule has 0 aliphatic carbocycles. The van der Waals surface area contributed by atoms with Gasteiger partial charge < -0.3 is 5.21 Å². The number of carbonyl (C=O) groups is 3. The van der Waals surface area contributed by atoms with Gasteiger partial charge >= 0.3 is 0 Å². The fraction of sp³-hybridized carbons (Fsp3) is 0.292. The lowest BCUT2D eigenvalue weighted by molar-refractivity contribution is -0.621. The molecule has 2 amide bonds. The van der Waals surface area contributed by atoms with E-state index in [1.54, 1.807) is 31.5 Å². The Kier molecular flexibility index (Phi) is 5.61. The summed E-state index contributed by atoms with van der Waals surface area (Å²) in [5.74, 6) is -3.22. The number of likely N-dealkylation sites (tertiary alicyclic amines) is 1. The van der Waals surface area contributed by atoms with Gasteiger partial charge in [-0.25, -0.2) is 9.30 Å². The maximum Gasteiger partial charge on any atom is 0.269 e. The minimum Gasteiger partial charge on any atom is -0.711 e. The van der Waals surface area contributed by atoms with Gasteiger partial charge in [0.2, 0.25) is 11.8 Å². The van der Waals surface area contributed by atoms with Gasteiger partial charge in [0.25, 0.3) is 5.82 Å². The number of carbonyl (C=O) groups excluding carboxylic acids is 3. The topological polar surface area (TPSA) is 99.2 Å². The van der Waals surface area contributed by atoms with Crippen LogP contribution in [0.5, 0.6) is 0 Å². The summed E-state index contributed by atoms with van der Waals surface area (Å²) in [6.45, 7) is 4.93. The first-order valence-electron chi connectivity index (χ1n) is 10.4. The standard InChI is InChI=1S/C24H24N4O4/c1-15-16(2)28(32)23(26(15)13-18-8-5-4-6-9-18)21(19-10-7-11-25-12-19)22-20(30)14-27(17(3)29)24(22)31/h4-12,21-22H,13-14H2,1-3H3. The Labute approximate surface area is 185 Å². The maximum atomic E-state index is 13.4. The van der Waals surface area contributed by atoms with E-state index in [-0.39, 0.29) is 18.2 Å². The van der Waals surface area contributed by atoms with Crippen molar-refractivity contribution in [1.82, 2.24) is 14.5 Å². The van der Waals surface area contributed by atoms with E-state index in [2.05, 4.69) is 4.98 Å². The lowest BCUT2D eigenvalue weighted by atomic mass is 9.84. The Morgan fingerprint density at radius 2 is 1.91 bits per heavy atom. The summed E-state index contributed by atoms with van der Waals surface area (Å²) in [6, 6.07) is 13.1. The molecule has 3 aromatic rings. The Bertz CT molecular complexity index is 1190. The first-order valence-corrected chi connectivity index (χ1v) is 10.4. The van der Waals surface area contributed by atoms with Crippen molar-refractivity contribution in [3.63, 3.8) is 0 Å². The zero-order chi connectivity index (χ0) is 23.0. The predicted molar refractivity (Wildman–Crippen MR) is 115 cm³/mol. The number of hydrogen-bond acceptors (Lipinski definition) is 5. The van der Waals surface area contributed by atoms with Crippen molar-refractivity contribution >= 4 is 17.6 Å². The Balaban J connectivity index is 1.92. The molecule has 0 N–H and O–H groups in total. The van der Waals surface area contributed by atoms with E-state index < -0.39 is 23.7 Å². The average molecular weight is 432 g/mol. The predicted octanol–water partition coefficient (Wildman–Crippen LogP) is 1.89. The van der Waals surface area contributed by atoms with Crippen LogP contribution in [0.25, 0.3) is 0 Å². The van der Waals surface area contributed by atoms with Crippen molar-refractivity contribution in [3.8, 4) is 0 Å². The SMILES string of the molecule is CC(=O)N1CC(=O)C(C(c2cccnc2)c2n(Cc3ccccc3)c(C)c(C)[n+]2[O-])C1=O. The number of aromatic nitrogens is 3. The van der Waals surface area contributed by atoms with Crippen LogP contribution in [-0.2, 0) is 20.9 Å². The molecule has 4 rings (SSSR count). The molecule has 0 saturated carbocycles. The van der Waals surface area contributed by atoms with Gasteiger partial charge in [-0.05, 0) is 17.2 Å². The van der Waals surface area contributed by atoms with E-state index in [4.69, 9.17) is 0 Å². The molecule has 164 valence electrons. The van der Waals surface area contributed by atoms with E-state index >= 15 is 0 Å². The summed E-state index contributed by atoms with van der Waals surface area (Å²) in [4.78, 5) is 43.2. The first kappa shape index (κ1) is 21.4. The van der Waals surface area contributed by atoms with Crippen molar-refractivity contribution in [2.45, 2.75) is 33.2 Å². The fourth-order valence-electron chi connectivity index (χ4n) is 4.34. The van der Waals surface area contributed by atoms with Gasteiger partial charge in [-0.15, -0.1) is 0 Å². The van der Waals surface area contributed by atoms with Gasteiger partial charge in [0.15, 0.2) is 5.78 Å². The molecule has 1 aliphatic heterocycles. The van der Waals surface area contributed by atoms with Gasteiger partial charge in [0, 0.05) is 33.2 Å². The molecule has 1 aliphatic rings. The number of ketones is 1. The smallest absolute Gasteiger partial charge is 0.269 e. The molecule has 8 nitrogen and oxygen atoms in total. The van der Waals surface area contributed by atoms with E-state index in [1.165, 1.54) is 6.92 Å². The summed E-state index contributed by atoms with van der Waals surface area (Å²) in [5.41, 5.74) is 2.79. The van der Waals surface area contributed by atoms with Crippen molar-refractivity contribution in [1.29, 1.82) is 0 Å². The highest BCUT2D eigenvalue weighted by atomic mass is 16.5. The lowest BCUT2D eigenvalue weighted by Crippen LogP contribution is -2.41. The third-order valence-corrected chi connectivity index (χ3v) is 6.13. The van der Waals surface area contributed by atoms with Crippen LogP contribution in [0.3, 0.4) is 0 Å².